The van der Waals surface area contributed by atoms with Crippen molar-refractivity contribution in [2.24, 2.45) is 0 Å². The van der Waals surface area contributed by atoms with Crippen LogP contribution >= 0.6 is 0 Å². The van der Waals surface area contributed by atoms with E-state index in [0.29, 0.717) is 6.04 Å². The lowest BCUT2D eigenvalue weighted by molar-refractivity contribution is 0.170. The van der Waals surface area contributed by atoms with Gasteiger partial charge in [-0.3, -0.25) is 0 Å². The monoisotopic (exact) mass is 241 g/mol. The molecule has 0 saturated carbocycles. The fraction of sp³-hybridized carbons (Fsp3) is 1.00. The molecule has 3 heteroatoms. The molecule has 0 aromatic rings. The van der Waals surface area contributed by atoms with Crippen molar-refractivity contribution in [3.8, 4) is 0 Å². The van der Waals surface area contributed by atoms with E-state index in [-0.39, 0.29) is 0 Å². The summed E-state index contributed by atoms with van der Waals surface area (Å²) in [4.78, 5) is 5.07. The Balaban J connectivity index is 2.29. The van der Waals surface area contributed by atoms with Crippen LogP contribution in [0.3, 0.4) is 0 Å². The zero-order valence-corrected chi connectivity index (χ0v) is 12.2. The predicted octanol–water partition coefficient (Wildman–Crippen LogP) is 1.79. The van der Waals surface area contributed by atoms with Crippen molar-refractivity contribution in [3.05, 3.63) is 0 Å². The molecule has 1 saturated heterocycles. The Bertz CT molecular complexity index is 196. The molecule has 0 bridgehead atoms. The first-order valence-electron chi connectivity index (χ1n) is 7.30. The Hall–Kier alpha value is -0.120. The molecule has 1 aliphatic heterocycles. The lowest BCUT2D eigenvalue weighted by Gasteiger charge is -2.32. The minimum atomic E-state index is 0.690. The van der Waals surface area contributed by atoms with E-state index in [9.17, 15) is 0 Å². The highest BCUT2D eigenvalue weighted by molar-refractivity contribution is 4.81. The molecule has 17 heavy (non-hydrogen) atoms. The van der Waals surface area contributed by atoms with Crippen LogP contribution in [-0.2, 0) is 0 Å². The largest absolute Gasteiger partial charge is 0.315 e. The summed E-state index contributed by atoms with van der Waals surface area (Å²) in [7, 11) is 4.55. The van der Waals surface area contributed by atoms with Gasteiger partial charge in [-0.15, -0.1) is 0 Å². The summed E-state index contributed by atoms with van der Waals surface area (Å²) in [6.07, 6.45) is 5.22. The highest BCUT2D eigenvalue weighted by Crippen LogP contribution is 2.16. The normalized spacial score (nSPS) is 23.5. The fourth-order valence-electron chi connectivity index (χ4n) is 2.75. The first-order chi connectivity index (χ1) is 8.19. The van der Waals surface area contributed by atoms with Crippen molar-refractivity contribution in [2.75, 3.05) is 40.3 Å². The topological polar surface area (TPSA) is 18.5 Å². The molecule has 2 unspecified atom stereocenters. The van der Waals surface area contributed by atoms with E-state index in [0.717, 1.165) is 19.1 Å². The summed E-state index contributed by atoms with van der Waals surface area (Å²) in [5, 5.41) is 3.55. The van der Waals surface area contributed by atoms with Crippen molar-refractivity contribution in [1.82, 2.24) is 15.1 Å². The Kier molecular flexibility index (Phi) is 7.09. The van der Waals surface area contributed by atoms with E-state index >= 15 is 0 Å². The zero-order chi connectivity index (χ0) is 12.7. The number of rotatable bonds is 8. The smallest absolute Gasteiger partial charge is 0.0220 e. The van der Waals surface area contributed by atoms with Gasteiger partial charge in [0.25, 0.3) is 0 Å². The first-order valence-corrected chi connectivity index (χ1v) is 7.30. The molecule has 1 fully saturated rings. The van der Waals surface area contributed by atoms with Crippen LogP contribution in [0.2, 0.25) is 0 Å². The number of nitrogens with one attached hydrogen (secondary N) is 1. The molecule has 0 amide bonds. The van der Waals surface area contributed by atoms with Crippen molar-refractivity contribution >= 4 is 0 Å². The molecule has 2 atom stereocenters. The molecule has 1 rings (SSSR count). The molecule has 3 nitrogen and oxygen atoms in total. The summed E-state index contributed by atoms with van der Waals surface area (Å²) in [6, 6.07) is 1.47. The second-order valence-corrected chi connectivity index (χ2v) is 5.48. The highest BCUT2D eigenvalue weighted by Gasteiger charge is 2.24. The van der Waals surface area contributed by atoms with Gasteiger partial charge in [0.15, 0.2) is 0 Å². The fourth-order valence-corrected chi connectivity index (χ4v) is 2.75. The van der Waals surface area contributed by atoms with E-state index in [1.165, 1.54) is 38.8 Å². The van der Waals surface area contributed by atoms with Crippen LogP contribution in [0.15, 0.2) is 0 Å². The van der Waals surface area contributed by atoms with Gasteiger partial charge in [-0.2, -0.15) is 0 Å². The van der Waals surface area contributed by atoms with Crippen LogP contribution in [0, 0.1) is 0 Å². The molecule has 0 aliphatic carbocycles. The first kappa shape index (κ1) is 14.9. The van der Waals surface area contributed by atoms with Crippen LogP contribution in [0.1, 0.15) is 39.5 Å². The van der Waals surface area contributed by atoms with Gasteiger partial charge in [0, 0.05) is 25.2 Å². The molecule has 1 aliphatic rings. The standard InChI is InChI=1S/C14H31N3/c1-5-9-15-11-13(6-2)17(4)12-14-8-7-10-16(14)3/h13-15H,5-12H2,1-4H3. The van der Waals surface area contributed by atoms with Gasteiger partial charge in [-0.25, -0.2) is 0 Å². The summed E-state index contributed by atoms with van der Waals surface area (Å²) in [5.74, 6) is 0. The Morgan fingerprint density at radius 1 is 1.41 bits per heavy atom. The third-order valence-corrected chi connectivity index (χ3v) is 4.07. The number of nitrogens with zero attached hydrogens (tertiary/aromatic N) is 2. The molecule has 0 spiro atoms. The van der Waals surface area contributed by atoms with Crippen molar-refractivity contribution in [2.45, 2.75) is 51.6 Å². The molecule has 102 valence electrons. The van der Waals surface area contributed by atoms with Crippen molar-refractivity contribution in [1.29, 1.82) is 0 Å². The number of likely N-dealkylation sites (N-methyl/N-ethyl adjacent to an activating group) is 2. The van der Waals surface area contributed by atoms with Crippen LogP contribution < -0.4 is 5.32 Å². The van der Waals surface area contributed by atoms with Gasteiger partial charge < -0.3 is 15.1 Å². The number of hydrogen-bond acceptors (Lipinski definition) is 3. The van der Waals surface area contributed by atoms with E-state index in [2.05, 4.69) is 43.1 Å². The van der Waals surface area contributed by atoms with E-state index in [1.54, 1.807) is 0 Å². The van der Waals surface area contributed by atoms with Gasteiger partial charge in [0.2, 0.25) is 0 Å². The SMILES string of the molecule is CCCNCC(CC)N(C)CC1CCCN1C. The Labute approximate surface area is 108 Å². The third kappa shape index (κ3) is 4.94. The molecule has 0 radical (unpaired) electrons. The summed E-state index contributed by atoms with van der Waals surface area (Å²) in [6.45, 7) is 9.31. The maximum atomic E-state index is 3.55. The minimum Gasteiger partial charge on any atom is -0.315 e. The lowest BCUT2D eigenvalue weighted by Crippen LogP contribution is -2.45. The number of likely N-dealkylation sites (tertiary alicyclic amines) is 1. The lowest BCUT2D eigenvalue weighted by atomic mass is 10.1. The van der Waals surface area contributed by atoms with Crippen LogP contribution in [0.25, 0.3) is 0 Å². The predicted molar refractivity (Wildman–Crippen MR) is 75.5 cm³/mol. The van der Waals surface area contributed by atoms with Gasteiger partial charge in [-0.1, -0.05) is 13.8 Å². The van der Waals surface area contributed by atoms with Gasteiger partial charge in [0.05, 0.1) is 0 Å². The summed E-state index contributed by atoms with van der Waals surface area (Å²) >= 11 is 0. The molecule has 0 aromatic carbocycles. The van der Waals surface area contributed by atoms with Crippen molar-refractivity contribution < 1.29 is 0 Å². The van der Waals surface area contributed by atoms with Gasteiger partial charge in [0.1, 0.15) is 0 Å². The maximum absolute atomic E-state index is 3.55. The molecular formula is C14H31N3. The summed E-state index contributed by atoms with van der Waals surface area (Å²) < 4.78 is 0. The molecule has 0 aromatic heterocycles. The maximum Gasteiger partial charge on any atom is 0.0220 e. The second-order valence-electron chi connectivity index (χ2n) is 5.48. The quantitative estimate of drug-likeness (QED) is 0.654. The highest BCUT2D eigenvalue weighted by atomic mass is 15.2. The average Bonchev–Trinajstić information content (AvgIpc) is 2.70. The van der Waals surface area contributed by atoms with Gasteiger partial charge >= 0.3 is 0 Å². The minimum absolute atomic E-state index is 0.690. The Morgan fingerprint density at radius 3 is 2.71 bits per heavy atom. The zero-order valence-electron chi connectivity index (χ0n) is 12.2. The van der Waals surface area contributed by atoms with Gasteiger partial charge in [-0.05, 0) is 52.9 Å². The summed E-state index contributed by atoms with van der Waals surface area (Å²) in [5.41, 5.74) is 0. The van der Waals surface area contributed by atoms with Crippen molar-refractivity contribution in [3.63, 3.8) is 0 Å². The number of hydrogen-bond donors (Lipinski definition) is 1. The molecule has 1 N–H and O–H groups in total. The van der Waals surface area contributed by atoms with Crippen LogP contribution in [0.4, 0.5) is 0 Å². The second kappa shape index (κ2) is 8.06. The van der Waals surface area contributed by atoms with Crippen LogP contribution in [0.5, 0.6) is 0 Å². The Morgan fingerprint density at radius 2 is 2.18 bits per heavy atom. The van der Waals surface area contributed by atoms with E-state index < -0.39 is 0 Å². The third-order valence-electron chi connectivity index (χ3n) is 4.07. The van der Waals surface area contributed by atoms with E-state index in [4.69, 9.17) is 0 Å². The molecule has 1 heterocycles. The molecular weight excluding hydrogens is 210 g/mol. The van der Waals surface area contributed by atoms with Crippen LogP contribution in [-0.4, -0.2) is 62.2 Å². The average molecular weight is 241 g/mol. The van der Waals surface area contributed by atoms with E-state index in [1.807, 2.05) is 0 Å².